The van der Waals surface area contributed by atoms with Crippen molar-refractivity contribution in [3.63, 3.8) is 0 Å². The highest BCUT2D eigenvalue weighted by atomic mass is 32.1. The second kappa shape index (κ2) is 8.67. The molecule has 0 bridgehead atoms. The first kappa shape index (κ1) is 18.2. The number of benzene rings is 2. The first-order valence-electron chi connectivity index (χ1n) is 8.60. The fraction of sp³-hybridized carbons (Fsp3) is 0.300. The summed E-state index contributed by atoms with van der Waals surface area (Å²) in [5.41, 5.74) is 0.976. The van der Waals surface area contributed by atoms with Crippen LogP contribution in [0.4, 0.5) is 0 Å². The third-order valence-electron chi connectivity index (χ3n) is 3.86. The number of ether oxygens (including phenoxy) is 2. The lowest BCUT2D eigenvalue weighted by molar-refractivity contribution is -0.130. The number of carbonyl (C=O) groups is 1. The van der Waals surface area contributed by atoms with Crippen LogP contribution in [0.2, 0.25) is 0 Å². The fourth-order valence-corrected chi connectivity index (χ4v) is 3.58. The van der Waals surface area contributed by atoms with Crippen LogP contribution in [0.25, 0.3) is 10.2 Å². The number of thiazole rings is 1. The third kappa shape index (κ3) is 4.52. The van der Waals surface area contributed by atoms with Crippen molar-refractivity contribution in [2.24, 2.45) is 0 Å². The van der Waals surface area contributed by atoms with Gasteiger partial charge in [-0.25, -0.2) is 4.98 Å². The monoisotopic (exact) mass is 370 g/mol. The van der Waals surface area contributed by atoms with Crippen molar-refractivity contribution < 1.29 is 14.3 Å². The number of hydrogen-bond donors (Lipinski definition) is 0. The molecule has 6 heteroatoms. The Labute approximate surface area is 157 Å². The fourth-order valence-electron chi connectivity index (χ4n) is 2.56. The van der Waals surface area contributed by atoms with Crippen molar-refractivity contribution in [1.82, 2.24) is 9.88 Å². The molecule has 0 spiro atoms. The number of carbonyl (C=O) groups excluding carboxylic acids is 1. The van der Waals surface area contributed by atoms with E-state index in [1.807, 2.05) is 55.5 Å². The summed E-state index contributed by atoms with van der Waals surface area (Å²) in [5.74, 6) is 1.39. The SMILES string of the molecule is CCOc1ccccc1OCCC(=O)N(C)Cc1nc2ccccc2s1. The van der Waals surface area contributed by atoms with Gasteiger partial charge in [0.25, 0.3) is 0 Å². The summed E-state index contributed by atoms with van der Waals surface area (Å²) in [6.07, 6.45) is 0.307. The summed E-state index contributed by atoms with van der Waals surface area (Å²) in [7, 11) is 1.79. The van der Waals surface area contributed by atoms with E-state index in [0.717, 1.165) is 15.2 Å². The van der Waals surface area contributed by atoms with Crippen LogP contribution in [0, 0.1) is 0 Å². The van der Waals surface area contributed by atoms with Crippen LogP contribution in [-0.4, -0.2) is 36.1 Å². The number of para-hydroxylation sites is 3. The van der Waals surface area contributed by atoms with Crippen LogP contribution in [0.15, 0.2) is 48.5 Å². The van der Waals surface area contributed by atoms with Crippen molar-refractivity contribution in [2.45, 2.75) is 19.9 Å². The maximum absolute atomic E-state index is 12.4. The molecule has 0 N–H and O–H groups in total. The molecule has 0 aliphatic heterocycles. The second-order valence-electron chi connectivity index (χ2n) is 5.80. The molecule has 0 radical (unpaired) electrons. The minimum atomic E-state index is 0.0261. The van der Waals surface area contributed by atoms with E-state index < -0.39 is 0 Å². The molecule has 0 unspecified atom stereocenters. The maximum atomic E-state index is 12.4. The largest absolute Gasteiger partial charge is 0.490 e. The molecule has 136 valence electrons. The Morgan fingerprint density at radius 3 is 2.50 bits per heavy atom. The van der Waals surface area contributed by atoms with Crippen molar-refractivity contribution in [3.8, 4) is 11.5 Å². The summed E-state index contributed by atoms with van der Waals surface area (Å²) >= 11 is 1.62. The van der Waals surface area contributed by atoms with Gasteiger partial charge in [0.05, 0.1) is 36.4 Å². The molecule has 5 nitrogen and oxygen atoms in total. The highest BCUT2D eigenvalue weighted by molar-refractivity contribution is 7.18. The lowest BCUT2D eigenvalue weighted by atomic mass is 10.3. The van der Waals surface area contributed by atoms with Crippen LogP contribution in [0.3, 0.4) is 0 Å². The molecule has 0 fully saturated rings. The quantitative estimate of drug-likeness (QED) is 0.598. The zero-order valence-corrected chi connectivity index (χ0v) is 15.8. The van der Waals surface area contributed by atoms with Crippen molar-refractivity contribution in [2.75, 3.05) is 20.3 Å². The minimum absolute atomic E-state index is 0.0261. The first-order chi connectivity index (χ1) is 12.7. The van der Waals surface area contributed by atoms with Crippen LogP contribution in [0.5, 0.6) is 11.5 Å². The number of amides is 1. The number of fused-ring (bicyclic) bond motifs is 1. The second-order valence-corrected chi connectivity index (χ2v) is 6.92. The van der Waals surface area contributed by atoms with E-state index in [1.54, 1.807) is 23.3 Å². The Kier molecular flexibility index (Phi) is 6.07. The Hall–Kier alpha value is -2.60. The van der Waals surface area contributed by atoms with Gasteiger partial charge in [-0.15, -0.1) is 11.3 Å². The van der Waals surface area contributed by atoms with E-state index in [1.165, 1.54) is 0 Å². The van der Waals surface area contributed by atoms with Gasteiger partial charge in [-0.2, -0.15) is 0 Å². The van der Waals surface area contributed by atoms with Crippen molar-refractivity contribution in [3.05, 3.63) is 53.5 Å². The summed E-state index contributed by atoms with van der Waals surface area (Å²) in [5, 5.41) is 0.935. The molecule has 26 heavy (non-hydrogen) atoms. The topological polar surface area (TPSA) is 51.7 Å². The number of hydrogen-bond acceptors (Lipinski definition) is 5. The van der Waals surface area contributed by atoms with Gasteiger partial charge in [0.2, 0.25) is 5.91 Å². The molecule has 0 saturated heterocycles. The molecule has 1 heterocycles. The van der Waals surface area contributed by atoms with Gasteiger partial charge < -0.3 is 14.4 Å². The summed E-state index contributed by atoms with van der Waals surface area (Å²) in [6.45, 7) is 3.32. The molecule has 0 aliphatic carbocycles. The molecule has 0 saturated carbocycles. The Morgan fingerprint density at radius 2 is 1.77 bits per heavy atom. The van der Waals surface area contributed by atoms with Crippen LogP contribution >= 0.6 is 11.3 Å². The predicted octanol–water partition coefficient (Wildman–Crippen LogP) is 4.12. The molecule has 1 amide bonds. The number of rotatable bonds is 8. The highest BCUT2D eigenvalue weighted by Crippen LogP contribution is 2.26. The molecular weight excluding hydrogens is 348 g/mol. The van der Waals surface area contributed by atoms with Gasteiger partial charge in [-0.1, -0.05) is 24.3 Å². The standard InChI is InChI=1S/C20H22N2O3S/c1-3-24-16-9-5-6-10-17(16)25-13-12-20(23)22(2)14-19-21-15-8-4-7-11-18(15)26-19/h4-11H,3,12-14H2,1-2H3. The van der Waals surface area contributed by atoms with Gasteiger partial charge in [0.1, 0.15) is 5.01 Å². The number of nitrogens with zero attached hydrogens (tertiary/aromatic N) is 2. The maximum Gasteiger partial charge on any atom is 0.226 e. The van der Waals surface area contributed by atoms with Crippen molar-refractivity contribution in [1.29, 1.82) is 0 Å². The third-order valence-corrected chi connectivity index (χ3v) is 4.88. The van der Waals surface area contributed by atoms with Crippen LogP contribution in [-0.2, 0) is 11.3 Å². The van der Waals surface area contributed by atoms with Gasteiger partial charge in [-0.3, -0.25) is 4.79 Å². The summed E-state index contributed by atoms with van der Waals surface area (Å²) in [4.78, 5) is 18.6. The molecule has 3 rings (SSSR count). The van der Waals surface area contributed by atoms with Gasteiger partial charge in [-0.05, 0) is 31.2 Å². The van der Waals surface area contributed by atoms with Crippen molar-refractivity contribution >= 4 is 27.5 Å². The zero-order chi connectivity index (χ0) is 18.4. The molecule has 1 aromatic heterocycles. The summed E-state index contributed by atoms with van der Waals surface area (Å²) < 4.78 is 12.4. The van der Waals surface area contributed by atoms with Crippen LogP contribution < -0.4 is 9.47 Å². The van der Waals surface area contributed by atoms with Gasteiger partial charge >= 0.3 is 0 Å². The number of aromatic nitrogens is 1. The van der Waals surface area contributed by atoms with E-state index in [2.05, 4.69) is 4.98 Å². The molecular formula is C20H22N2O3S. The molecule has 2 aromatic carbocycles. The summed E-state index contributed by atoms with van der Waals surface area (Å²) in [6, 6.07) is 15.5. The average Bonchev–Trinajstić information content (AvgIpc) is 3.05. The van der Waals surface area contributed by atoms with Gasteiger partial charge in [0.15, 0.2) is 11.5 Å². The Bertz CT molecular complexity index is 845. The minimum Gasteiger partial charge on any atom is -0.490 e. The lowest BCUT2D eigenvalue weighted by Crippen LogP contribution is -2.27. The molecule has 3 aromatic rings. The van der Waals surface area contributed by atoms with E-state index in [0.29, 0.717) is 37.7 Å². The molecule has 0 aliphatic rings. The highest BCUT2D eigenvalue weighted by Gasteiger charge is 2.13. The lowest BCUT2D eigenvalue weighted by Gasteiger charge is -2.16. The zero-order valence-electron chi connectivity index (χ0n) is 15.0. The molecule has 0 atom stereocenters. The normalized spacial score (nSPS) is 10.7. The smallest absolute Gasteiger partial charge is 0.226 e. The van der Waals surface area contributed by atoms with E-state index >= 15 is 0 Å². The first-order valence-corrected chi connectivity index (χ1v) is 9.42. The van der Waals surface area contributed by atoms with Gasteiger partial charge in [0, 0.05) is 7.05 Å². The Balaban J connectivity index is 1.51. The average molecular weight is 370 g/mol. The predicted molar refractivity (Wildman–Crippen MR) is 104 cm³/mol. The van der Waals surface area contributed by atoms with E-state index in [4.69, 9.17) is 9.47 Å². The van der Waals surface area contributed by atoms with E-state index in [9.17, 15) is 4.79 Å². The van der Waals surface area contributed by atoms with Crippen LogP contribution in [0.1, 0.15) is 18.4 Å². The van der Waals surface area contributed by atoms with E-state index in [-0.39, 0.29) is 5.91 Å². The Morgan fingerprint density at radius 1 is 1.08 bits per heavy atom.